The summed E-state index contributed by atoms with van der Waals surface area (Å²) in [5.41, 5.74) is 4.13. The van der Waals surface area contributed by atoms with Crippen molar-refractivity contribution in [2.75, 3.05) is 0 Å². The first-order chi connectivity index (χ1) is 16.2. The molecule has 34 heavy (non-hydrogen) atoms. The molecule has 4 rings (SSSR count). The molecule has 0 aliphatic carbocycles. The first kappa shape index (κ1) is 23.0. The summed E-state index contributed by atoms with van der Waals surface area (Å²) in [4.78, 5) is 23.7. The van der Waals surface area contributed by atoms with Crippen LogP contribution in [0.15, 0.2) is 82.1 Å². The van der Waals surface area contributed by atoms with Gasteiger partial charge in [0.15, 0.2) is 5.69 Å². The molecule has 0 saturated carbocycles. The Morgan fingerprint density at radius 1 is 1.15 bits per heavy atom. The number of hydrazone groups is 1. The number of amides is 1. The van der Waals surface area contributed by atoms with E-state index in [-0.39, 0.29) is 16.3 Å². The zero-order valence-corrected chi connectivity index (χ0v) is 18.9. The average Bonchev–Trinajstić information content (AvgIpc) is 3.49. The van der Waals surface area contributed by atoms with Crippen molar-refractivity contribution < 1.29 is 18.1 Å². The van der Waals surface area contributed by atoms with Gasteiger partial charge in [-0.3, -0.25) is 14.9 Å². The summed E-state index contributed by atoms with van der Waals surface area (Å²) >= 11 is 1.45. The Labute approximate surface area is 197 Å². The molecule has 0 aliphatic heterocycles. The quantitative estimate of drug-likeness (QED) is 0.227. The van der Waals surface area contributed by atoms with Crippen molar-refractivity contribution in [3.05, 3.63) is 93.5 Å². The molecule has 0 unspecified atom stereocenters. The van der Waals surface area contributed by atoms with Crippen LogP contribution in [0.2, 0.25) is 0 Å². The number of nitrogens with zero attached hydrogens (tertiary/aromatic N) is 4. The van der Waals surface area contributed by atoms with Crippen molar-refractivity contribution >= 4 is 39.2 Å². The lowest BCUT2D eigenvalue weighted by Gasteiger charge is -2.07. The van der Waals surface area contributed by atoms with Crippen LogP contribution in [-0.4, -0.2) is 35.2 Å². The van der Waals surface area contributed by atoms with E-state index in [1.165, 1.54) is 70.8 Å². The second kappa shape index (κ2) is 9.35. The highest BCUT2D eigenvalue weighted by atomic mass is 32.2. The summed E-state index contributed by atoms with van der Waals surface area (Å²) < 4.78 is 24.6. The van der Waals surface area contributed by atoms with E-state index in [9.17, 15) is 23.3 Å². The largest absolute Gasteiger partial charge is 0.291 e. The maximum atomic E-state index is 12.6. The third-order valence-electron chi connectivity index (χ3n) is 4.61. The number of hydrogen-bond donors (Lipinski definition) is 2. The second-order valence-corrected chi connectivity index (χ2v) is 9.40. The van der Waals surface area contributed by atoms with E-state index in [2.05, 4.69) is 15.6 Å². The Morgan fingerprint density at radius 2 is 1.85 bits per heavy atom. The number of carbonyl (C=O) groups excluding carboxylic acids is 1. The minimum absolute atomic E-state index is 0.0420. The van der Waals surface area contributed by atoms with Crippen molar-refractivity contribution in [2.24, 2.45) is 10.2 Å². The van der Waals surface area contributed by atoms with Gasteiger partial charge in [0.05, 0.1) is 32.3 Å². The van der Waals surface area contributed by atoms with Gasteiger partial charge in [-0.25, -0.2) is 23.7 Å². The number of thiophene rings is 1. The van der Waals surface area contributed by atoms with Gasteiger partial charge in [-0.1, -0.05) is 6.07 Å². The fourth-order valence-electron chi connectivity index (χ4n) is 2.97. The number of nitrogens with one attached hydrogen (secondary N) is 1. The summed E-state index contributed by atoms with van der Waals surface area (Å²) in [5, 5.41) is 26.0. The molecule has 0 fully saturated rings. The SMILES string of the molecule is NS(=O)(=O)c1ccc(-n2nc(C(=O)N/N=C\c3ccc([N+](=O)[O-])cc3)cc2-c2cccs2)cc1. The molecular formula is C21H16N6O5S2. The molecule has 0 aliphatic rings. The smallest absolute Gasteiger partial charge is 0.265 e. The van der Waals surface area contributed by atoms with E-state index in [0.29, 0.717) is 16.9 Å². The van der Waals surface area contributed by atoms with Crippen molar-refractivity contribution in [1.29, 1.82) is 0 Å². The first-order valence-electron chi connectivity index (χ1n) is 9.57. The maximum absolute atomic E-state index is 12.6. The summed E-state index contributed by atoms with van der Waals surface area (Å²) in [5.74, 6) is -0.573. The van der Waals surface area contributed by atoms with Crippen molar-refractivity contribution in [3.63, 3.8) is 0 Å². The van der Waals surface area contributed by atoms with E-state index in [0.717, 1.165) is 4.88 Å². The van der Waals surface area contributed by atoms with E-state index < -0.39 is 20.9 Å². The lowest BCUT2D eigenvalue weighted by molar-refractivity contribution is -0.384. The Hall–Kier alpha value is -4.20. The number of nitro benzene ring substituents is 1. The third-order valence-corrected chi connectivity index (χ3v) is 6.43. The molecular weight excluding hydrogens is 480 g/mol. The van der Waals surface area contributed by atoms with E-state index in [1.807, 2.05) is 17.5 Å². The van der Waals surface area contributed by atoms with Crippen molar-refractivity contribution in [1.82, 2.24) is 15.2 Å². The monoisotopic (exact) mass is 496 g/mol. The predicted molar refractivity (Wildman–Crippen MR) is 126 cm³/mol. The molecule has 2 heterocycles. The zero-order chi connectivity index (χ0) is 24.3. The highest BCUT2D eigenvalue weighted by molar-refractivity contribution is 7.89. The number of aromatic nitrogens is 2. The van der Waals surface area contributed by atoms with Gasteiger partial charge in [0.2, 0.25) is 10.0 Å². The van der Waals surface area contributed by atoms with Gasteiger partial charge in [-0.05, 0) is 59.5 Å². The molecule has 0 saturated heterocycles. The van der Waals surface area contributed by atoms with Gasteiger partial charge in [-0.15, -0.1) is 11.3 Å². The van der Waals surface area contributed by atoms with Crippen LogP contribution in [0.5, 0.6) is 0 Å². The third kappa shape index (κ3) is 5.06. The highest BCUT2D eigenvalue weighted by Gasteiger charge is 2.18. The number of benzene rings is 2. The van der Waals surface area contributed by atoms with Gasteiger partial charge in [0, 0.05) is 12.1 Å². The molecule has 172 valence electrons. The fourth-order valence-corrected chi connectivity index (χ4v) is 4.21. The molecule has 11 nitrogen and oxygen atoms in total. The van der Waals surface area contributed by atoms with Gasteiger partial charge in [-0.2, -0.15) is 10.2 Å². The lowest BCUT2D eigenvalue weighted by atomic mass is 10.2. The second-order valence-electron chi connectivity index (χ2n) is 6.89. The molecule has 4 aromatic rings. The van der Waals surface area contributed by atoms with E-state index >= 15 is 0 Å². The van der Waals surface area contributed by atoms with Gasteiger partial charge >= 0.3 is 0 Å². The summed E-state index contributed by atoms with van der Waals surface area (Å²) in [6.45, 7) is 0. The van der Waals surface area contributed by atoms with Crippen molar-refractivity contribution in [2.45, 2.75) is 4.90 Å². The predicted octanol–water partition coefficient (Wildman–Crippen LogP) is 2.92. The standard InChI is InChI=1S/C21H16N6O5S2/c22-34(31,32)17-9-7-15(8-10-17)26-19(20-2-1-11-33-20)12-18(25-26)21(28)24-23-13-14-3-5-16(6-4-14)27(29)30/h1-13H,(H,24,28)(H2,22,31,32)/b23-13-. The topological polar surface area (TPSA) is 163 Å². The number of hydrogen-bond acceptors (Lipinski definition) is 8. The van der Waals surface area contributed by atoms with E-state index in [4.69, 9.17) is 5.14 Å². The average molecular weight is 497 g/mol. The first-order valence-corrected chi connectivity index (χ1v) is 12.0. The lowest BCUT2D eigenvalue weighted by Crippen LogP contribution is -2.18. The molecule has 0 atom stereocenters. The number of nitro groups is 1. The number of nitrogens with two attached hydrogens (primary N) is 1. The maximum Gasteiger partial charge on any atom is 0.291 e. The Morgan fingerprint density at radius 3 is 2.44 bits per heavy atom. The molecule has 3 N–H and O–H groups in total. The Bertz CT molecular complexity index is 1480. The molecule has 1 amide bonds. The summed E-state index contributed by atoms with van der Waals surface area (Å²) in [7, 11) is -3.84. The molecule has 0 radical (unpaired) electrons. The number of rotatable bonds is 7. The van der Waals surface area contributed by atoms with Gasteiger partial charge in [0.1, 0.15) is 0 Å². The van der Waals surface area contributed by atoms with Crippen LogP contribution < -0.4 is 10.6 Å². The molecule has 0 spiro atoms. The minimum Gasteiger partial charge on any atom is -0.265 e. The Balaban J connectivity index is 1.59. The van der Waals surface area contributed by atoms with Crippen LogP contribution in [0.1, 0.15) is 16.1 Å². The zero-order valence-electron chi connectivity index (χ0n) is 17.2. The fraction of sp³-hybridized carbons (Fsp3) is 0. The van der Waals surface area contributed by atoms with Crippen LogP contribution in [0, 0.1) is 10.1 Å². The number of primary sulfonamides is 1. The number of carbonyl (C=O) groups is 1. The molecule has 2 aromatic carbocycles. The summed E-state index contributed by atoms with van der Waals surface area (Å²) in [6.07, 6.45) is 1.35. The van der Waals surface area contributed by atoms with Gasteiger partial charge < -0.3 is 0 Å². The van der Waals surface area contributed by atoms with Crippen LogP contribution in [0.3, 0.4) is 0 Å². The van der Waals surface area contributed by atoms with Crippen LogP contribution in [0.25, 0.3) is 16.3 Å². The number of sulfonamides is 1. The molecule has 2 aromatic heterocycles. The molecule has 13 heteroatoms. The normalized spacial score (nSPS) is 11.6. The van der Waals surface area contributed by atoms with Crippen LogP contribution >= 0.6 is 11.3 Å². The van der Waals surface area contributed by atoms with Crippen LogP contribution in [-0.2, 0) is 10.0 Å². The number of non-ortho nitro benzene ring substituents is 1. The van der Waals surface area contributed by atoms with Gasteiger partial charge in [0.25, 0.3) is 11.6 Å². The molecule has 0 bridgehead atoms. The summed E-state index contributed by atoms with van der Waals surface area (Å²) in [6, 6.07) is 16.8. The van der Waals surface area contributed by atoms with E-state index in [1.54, 1.807) is 6.07 Å². The minimum atomic E-state index is -3.84. The Kier molecular flexibility index (Phi) is 6.32. The highest BCUT2D eigenvalue weighted by Crippen LogP contribution is 2.28. The van der Waals surface area contributed by atoms with Crippen LogP contribution in [0.4, 0.5) is 5.69 Å². The van der Waals surface area contributed by atoms with Crippen molar-refractivity contribution in [3.8, 4) is 16.3 Å².